The molecule has 262 valence electrons. The zero-order valence-corrected chi connectivity index (χ0v) is 26.2. The Morgan fingerprint density at radius 1 is 1.04 bits per heavy atom. The largest absolute Gasteiger partial charge is 0.471 e. The lowest BCUT2D eigenvalue weighted by Gasteiger charge is -2.41. The number of halogens is 10. The lowest BCUT2D eigenvalue weighted by atomic mass is 9.67. The summed E-state index contributed by atoms with van der Waals surface area (Å²) in [5.41, 5.74) is -2.39. The van der Waals surface area contributed by atoms with Crippen LogP contribution in [0.25, 0.3) is 11.2 Å². The number of pyridine rings is 1. The molecule has 2 amide bonds. The second-order valence-electron chi connectivity index (χ2n) is 11.7. The van der Waals surface area contributed by atoms with Gasteiger partial charge in [0.05, 0.1) is 27.2 Å². The van der Waals surface area contributed by atoms with E-state index in [2.05, 4.69) is 30.9 Å². The number of carbonyl (C=O) groups is 2. The van der Waals surface area contributed by atoms with Gasteiger partial charge < -0.3 is 25.7 Å². The predicted octanol–water partition coefficient (Wildman–Crippen LogP) is 7.85. The van der Waals surface area contributed by atoms with Gasteiger partial charge in [0, 0.05) is 12.6 Å². The Labute approximate surface area is 277 Å². The summed E-state index contributed by atoms with van der Waals surface area (Å²) in [6.07, 6.45) is -12.6. The fourth-order valence-corrected chi connectivity index (χ4v) is 6.24. The molecule has 0 radical (unpaired) electrons. The maximum absolute atomic E-state index is 13.6. The molecule has 3 aromatic rings. The number of alkyl halides is 8. The van der Waals surface area contributed by atoms with Crippen LogP contribution in [0.3, 0.4) is 0 Å². The summed E-state index contributed by atoms with van der Waals surface area (Å²) in [5, 5.41) is 7.76. The zero-order chi connectivity index (χ0) is 35.0. The first-order valence-corrected chi connectivity index (χ1v) is 15.5. The molecular formula is C29H28Cl2F8N6O3. The molecule has 5 rings (SSSR count). The van der Waals surface area contributed by atoms with Gasteiger partial charge in [0.1, 0.15) is 11.0 Å². The number of fused-ring (bicyclic) bond motifs is 1. The molecule has 0 aliphatic heterocycles. The van der Waals surface area contributed by atoms with Gasteiger partial charge in [0.2, 0.25) is 17.7 Å². The molecule has 0 atom stereocenters. The van der Waals surface area contributed by atoms with Crippen molar-refractivity contribution >= 4 is 57.8 Å². The highest BCUT2D eigenvalue weighted by atomic mass is 35.5. The molecule has 2 saturated carbocycles. The first kappa shape index (κ1) is 35.7. The second kappa shape index (κ2) is 13.7. The van der Waals surface area contributed by atoms with Crippen molar-refractivity contribution in [3.63, 3.8) is 0 Å². The van der Waals surface area contributed by atoms with Gasteiger partial charge >= 0.3 is 12.4 Å². The number of amides is 2. The van der Waals surface area contributed by atoms with Crippen molar-refractivity contribution in [2.24, 2.45) is 11.3 Å². The number of aromatic nitrogens is 3. The van der Waals surface area contributed by atoms with Gasteiger partial charge in [-0.3, -0.25) is 9.59 Å². The SMILES string of the molecule is O=C(NC1CCC(C(F)(F)F)CC1)c1cc2[nH]c(Nc3c(Cl)ccc(CNC(=O)C4(C(F)(F)F)CCC4)c3Cl)nc2nc1OCC(F)F. The van der Waals surface area contributed by atoms with Crippen molar-refractivity contribution in [2.75, 3.05) is 11.9 Å². The topological polar surface area (TPSA) is 121 Å². The van der Waals surface area contributed by atoms with Gasteiger partial charge in [-0.15, -0.1) is 0 Å². The van der Waals surface area contributed by atoms with Crippen LogP contribution < -0.4 is 20.7 Å². The molecule has 0 spiro atoms. The molecule has 2 aromatic heterocycles. The Balaban J connectivity index is 1.34. The number of H-pyrrole nitrogens is 1. The third-order valence-electron chi connectivity index (χ3n) is 8.59. The van der Waals surface area contributed by atoms with Gasteiger partial charge in [-0.25, -0.2) is 8.78 Å². The number of carbonyl (C=O) groups excluding carboxylic acids is 2. The van der Waals surface area contributed by atoms with Crippen LogP contribution in [0.15, 0.2) is 18.2 Å². The van der Waals surface area contributed by atoms with E-state index >= 15 is 0 Å². The molecule has 1 aromatic carbocycles. The summed E-state index contributed by atoms with van der Waals surface area (Å²) in [6.45, 7) is -1.45. The Morgan fingerprint density at radius 3 is 2.31 bits per heavy atom. The lowest BCUT2D eigenvalue weighted by Crippen LogP contribution is -2.54. The molecule has 9 nitrogen and oxygen atoms in total. The zero-order valence-electron chi connectivity index (χ0n) is 24.7. The summed E-state index contributed by atoms with van der Waals surface area (Å²) in [4.78, 5) is 36.8. The molecule has 0 saturated heterocycles. The van der Waals surface area contributed by atoms with E-state index in [0.717, 1.165) is 0 Å². The van der Waals surface area contributed by atoms with Crippen LogP contribution in [0.1, 0.15) is 60.9 Å². The van der Waals surface area contributed by atoms with Crippen LogP contribution in [-0.4, -0.2) is 58.2 Å². The molecule has 2 aliphatic carbocycles. The Morgan fingerprint density at radius 2 is 1.73 bits per heavy atom. The smallest absolute Gasteiger partial charge is 0.403 e. The van der Waals surface area contributed by atoms with Gasteiger partial charge in [0.15, 0.2) is 12.3 Å². The van der Waals surface area contributed by atoms with E-state index in [1.54, 1.807) is 0 Å². The monoisotopic (exact) mass is 730 g/mol. The summed E-state index contributed by atoms with van der Waals surface area (Å²) in [7, 11) is 0. The highest BCUT2D eigenvalue weighted by Gasteiger charge is 2.63. The van der Waals surface area contributed by atoms with E-state index in [1.807, 2.05) is 0 Å². The van der Waals surface area contributed by atoms with Crippen LogP contribution in [-0.2, 0) is 11.3 Å². The molecule has 0 unspecified atom stereocenters. The van der Waals surface area contributed by atoms with Crippen LogP contribution >= 0.6 is 23.2 Å². The van der Waals surface area contributed by atoms with Crippen molar-refractivity contribution in [1.29, 1.82) is 0 Å². The van der Waals surface area contributed by atoms with Gasteiger partial charge in [-0.1, -0.05) is 35.7 Å². The van der Waals surface area contributed by atoms with Gasteiger partial charge in [0.25, 0.3) is 12.3 Å². The number of hydrogen-bond acceptors (Lipinski definition) is 6. The minimum atomic E-state index is -4.71. The van der Waals surface area contributed by atoms with Crippen molar-refractivity contribution in [2.45, 2.75) is 76.3 Å². The lowest BCUT2D eigenvalue weighted by molar-refractivity contribution is -0.243. The fourth-order valence-electron chi connectivity index (χ4n) is 5.71. The van der Waals surface area contributed by atoms with E-state index in [9.17, 15) is 44.7 Å². The van der Waals surface area contributed by atoms with E-state index in [-0.39, 0.29) is 95.5 Å². The minimum Gasteiger partial charge on any atom is -0.471 e. The van der Waals surface area contributed by atoms with Crippen LogP contribution in [0.2, 0.25) is 10.0 Å². The standard InChI is InChI=1S/C29H28Cl2F8N6O3/c30-17-7-2-13(11-40-25(47)27(8-1-9-27)29(37,38)39)20(31)21(17)43-26-42-18-10-16(24(44-22(18)45-26)48-12-19(32)33)23(46)41-15-5-3-14(4-6-15)28(34,35)36/h2,7,10,14-15,19H,1,3-6,8-9,11-12H2,(H,40,47)(H,41,46)(H2,42,43,44,45). The van der Waals surface area contributed by atoms with E-state index < -0.39 is 60.5 Å². The summed E-state index contributed by atoms with van der Waals surface area (Å²) in [6, 6.07) is 3.44. The number of aromatic amines is 1. The van der Waals surface area contributed by atoms with Gasteiger partial charge in [-0.05, 0) is 56.2 Å². The molecule has 4 N–H and O–H groups in total. The van der Waals surface area contributed by atoms with Crippen LogP contribution in [0.5, 0.6) is 5.88 Å². The molecule has 48 heavy (non-hydrogen) atoms. The quantitative estimate of drug-likeness (QED) is 0.158. The summed E-state index contributed by atoms with van der Waals surface area (Å²) >= 11 is 12.8. The molecule has 2 aliphatic rings. The average molecular weight is 731 g/mol. The Bertz CT molecular complexity index is 1670. The second-order valence-corrected chi connectivity index (χ2v) is 12.5. The number of benzene rings is 1. The van der Waals surface area contributed by atoms with E-state index in [1.165, 1.54) is 18.2 Å². The van der Waals surface area contributed by atoms with Crippen LogP contribution in [0.4, 0.5) is 46.8 Å². The number of anilines is 2. The number of nitrogens with one attached hydrogen (secondary N) is 4. The Hall–Kier alpha value is -3.60. The summed E-state index contributed by atoms with van der Waals surface area (Å²) < 4.78 is 111. The first-order chi connectivity index (χ1) is 22.5. The number of nitrogens with zero attached hydrogens (tertiary/aromatic N) is 2. The minimum absolute atomic E-state index is 0.0455. The number of imidazole rings is 1. The van der Waals surface area contributed by atoms with Crippen LogP contribution in [0, 0.1) is 11.3 Å². The highest BCUT2D eigenvalue weighted by Crippen LogP contribution is 2.53. The summed E-state index contributed by atoms with van der Waals surface area (Å²) in [5.74, 6) is -3.97. The predicted molar refractivity (Wildman–Crippen MR) is 159 cm³/mol. The maximum atomic E-state index is 13.6. The van der Waals surface area contributed by atoms with Crippen molar-refractivity contribution in [1.82, 2.24) is 25.6 Å². The highest BCUT2D eigenvalue weighted by molar-refractivity contribution is 6.39. The molecule has 2 heterocycles. The molecular weight excluding hydrogens is 703 g/mol. The molecule has 19 heteroatoms. The van der Waals surface area contributed by atoms with Gasteiger partial charge in [-0.2, -0.15) is 36.3 Å². The van der Waals surface area contributed by atoms with E-state index in [4.69, 9.17) is 27.9 Å². The fraction of sp³-hybridized carbons (Fsp3) is 0.517. The number of rotatable bonds is 10. The normalized spacial score (nSPS) is 19.6. The van der Waals surface area contributed by atoms with E-state index in [0.29, 0.717) is 0 Å². The Kier molecular flexibility index (Phi) is 10.2. The number of ether oxygens (including phenoxy) is 1. The van der Waals surface area contributed by atoms with Crippen molar-refractivity contribution in [3.05, 3.63) is 39.4 Å². The molecule has 2 fully saturated rings. The third-order valence-corrected chi connectivity index (χ3v) is 9.34. The third kappa shape index (κ3) is 7.51. The first-order valence-electron chi connectivity index (χ1n) is 14.8. The number of hydrogen-bond donors (Lipinski definition) is 4. The van der Waals surface area contributed by atoms with Crippen molar-refractivity contribution < 1.29 is 49.4 Å². The molecule has 0 bridgehead atoms. The average Bonchev–Trinajstić information content (AvgIpc) is 3.37. The van der Waals surface area contributed by atoms with Crippen molar-refractivity contribution in [3.8, 4) is 5.88 Å². The maximum Gasteiger partial charge on any atom is 0.403 e.